The molecule has 138 valence electrons. The molecular weight excluding hydrogens is 358 g/mol. The van der Waals surface area contributed by atoms with E-state index in [4.69, 9.17) is 0 Å². The molecule has 0 saturated carbocycles. The molecule has 0 atom stereocenters. The van der Waals surface area contributed by atoms with Crippen molar-refractivity contribution in [3.05, 3.63) is 59.3 Å². The number of fused-ring (bicyclic) bond motifs is 1. The summed E-state index contributed by atoms with van der Waals surface area (Å²) in [5, 5.41) is 4.96. The number of nitrogens with one attached hydrogen (secondary N) is 2. The molecule has 0 aliphatic heterocycles. The number of aromatic nitrogens is 3. The summed E-state index contributed by atoms with van der Waals surface area (Å²) in [6, 6.07) is 5.66. The summed E-state index contributed by atoms with van der Waals surface area (Å²) >= 11 is 1.59. The van der Waals surface area contributed by atoms with Crippen LogP contribution < -0.4 is 5.32 Å². The van der Waals surface area contributed by atoms with Gasteiger partial charge in [-0.15, -0.1) is 11.3 Å². The second-order valence-corrected chi connectivity index (χ2v) is 6.79. The van der Waals surface area contributed by atoms with Crippen LogP contribution in [0.25, 0.3) is 21.9 Å². The van der Waals surface area contributed by atoms with Crippen molar-refractivity contribution in [2.75, 3.05) is 6.54 Å². The van der Waals surface area contributed by atoms with Gasteiger partial charge in [-0.2, -0.15) is 0 Å². The Bertz CT molecular complexity index is 985. The molecule has 1 amide bonds. The number of hydrogen-bond acceptors (Lipinski definition) is 5. The van der Waals surface area contributed by atoms with E-state index in [0.717, 1.165) is 29.1 Å². The summed E-state index contributed by atoms with van der Waals surface area (Å²) in [7, 11) is 0. The number of rotatable bonds is 8. The fraction of sp³-hybridized carbons (Fsp3) is 0.200. The Morgan fingerprint density at radius 2 is 2.33 bits per heavy atom. The molecule has 27 heavy (non-hydrogen) atoms. The van der Waals surface area contributed by atoms with Gasteiger partial charge in [0.15, 0.2) is 11.5 Å². The maximum Gasteiger partial charge on any atom is 0.253 e. The van der Waals surface area contributed by atoms with E-state index in [1.807, 2.05) is 36.6 Å². The minimum absolute atomic E-state index is 0.130. The van der Waals surface area contributed by atoms with Crippen LogP contribution in [-0.2, 0) is 0 Å². The predicted molar refractivity (Wildman–Crippen MR) is 111 cm³/mol. The van der Waals surface area contributed by atoms with Gasteiger partial charge in [-0.05, 0) is 50.1 Å². The first kappa shape index (κ1) is 18.7. The molecule has 3 aromatic rings. The summed E-state index contributed by atoms with van der Waals surface area (Å²) < 4.78 is 0. The van der Waals surface area contributed by atoms with Gasteiger partial charge in [0.2, 0.25) is 0 Å². The van der Waals surface area contributed by atoms with E-state index >= 15 is 0 Å². The molecule has 0 aromatic carbocycles. The van der Waals surface area contributed by atoms with Crippen molar-refractivity contribution in [3.8, 4) is 10.7 Å². The molecule has 3 rings (SSSR count). The van der Waals surface area contributed by atoms with Crippen molar-refractivity contribution >= 4 is 35.1 Å². The molecule has 2 N–H and O–H groups in total. The van der Waals surface area contributed by atoms with Crippen molar-refractivity contribution in [2.45, 2.75) is 19.8 Å². The summed E-state index contributed by atoms with van der Waals surface area (Å²) in [4.78, 5) is 29.3. The van der Waals surface area contributed by atoms with Crippen LogP contribution in [-0.4, -0.2) is 34.1 Å². The second kappa shape index (κ2) is 9.05. The Balaban J connectivity index is 1.65. The maximum atomic E-state index is 12.6. The second-order valence-electron chi connectivity index (χ2n) is 5.84. The van der Waals surface area contributed by atoms with Crippen LogP contribution in [0.15, 0.2) is 58.7 Å². The molecule has 3 heterocycles. The van der Waals surface area contributed by atoms with Gasteiger partial charge in [-0.3, -0.25) is 9.79 Å². The van der Waals surface area contributed by atoms with Crippen LogP contribution in [0.4, 0.5) is 0 Å². The highest BCUT2D eigenvalue weighted by atomic mass is 32.1. The first-order chi connectivity index (χ1) is 13.2. The number of H-pyrrole nitrogens is 1. The van der Waals surface area contributed by atoms with Crippen molar-refractivity contribution in [1.29, 1.82) is 0 Å². The Hall–Kier alpha value is -3.06. The van der Waals surface area contributed by atoms with Crippen LogP contribution in [0.1, 0.15) is 30.1 Å². The zero-order valence-corrected chi connectivity index (χ0v) is 15.9. The first-order valence-corrected chi connectivity index (χ1v) is 9.55. The van der Waals surface area contributed by atoms with Gasteiger partial charge in [0.25, 0.3) is 5.91 Å². The monoisotopic (exact) mass is 379 g/mol. The number of carbonyl (C=O) groups is 1. The number of aromatic amines is 1. The van der Waals surface area contributed by atoms with Crippen LogP contribution in [0.2, 0.25) is 0 Å². The smallest absolute Gasteiger partial charge is 0.253 e. The predicted octanol–water partition coefficient (Wildman–Crippen LogP) is 4.36. The molecule has 0 fully saturated rings. The Labute approximate surface area is 161 Å². The highest BCUT2D eigenvalue weighted by Crippen LogP contribution is 2.25. The van der Waals surface area contributed by atoms with Crippen LogP contribution >= 0.6 is 11.3 Å². The molecule has 0 spiro atoms. The van der Waals surface area contributed by atoms with Crippen molar-refractivity contribution in [2.24, 2.45) is 4.99 Å². The van der Waals surface area contributed by atoms with Crippen molar-refractivity contribution < 1.29 is 4.79 Å². The van der Waals surface area contributed by atoms with Gasteiger partial charge in [-0.1, -0.05) is 17.7 Å². The van der Waals surface area contributed by atoms with Gasteiger partial charge in [0, 0.05) is 18.9 Å². The lowest BCUT2D eigenvalue weighted by atomic mass is 10.1. The number of pyridine rings is 1. The summed E-state index contributed by atoms with van der Waals surface area (Å²) in [5.41, 5.74) is 2.92. The molecule has 7 heteroatoms. The van der Waals surface area contributed by atoms with E-state index in [1.165, 1.54) is 0 Å². The first-order valence-electron chi connectivity index (χ1n) is 8.67. The number of aliphatic imine (C=N–C) groups is 1. The molecule has 0 aliphatic carbocycles. The van der Waals surface area contributed by atoms with Gasteiger partial charge in [0.05, 0.1) is 16.0 Å². The number of amides is 1. The number of carbonyl (C=O) groups excluding carboxylic acids is 1. The van der Waals surface area contributed by atoms with Gasteiger partial charge >= 0.3 is 0 Å². The average Bonchev–Trinajstić information content (AvgIpc) is 3.36. The molecular formula is C20H21N5OS. The Morgan fingerprint density at radius 1 is 1.44 bits per heavy atom. The van der Waals surface area contributed by atoms with E-state index < -0.39 is 0 Å². The third kappa shape index (κ3) is 4.57. The lowest BCUT2D eigenvalue weighted by Gasteiger charge is -2.06. The summed E-state index contributed by atoms with van der Waals surface area (Å²) in [5.74, 6) is 0.599. The fourth-order valence-electron chi connectivity index (χ4n) is 2.69. The van der Waals surface area contributed by atoms with Gasteiger partial charge < -0.3 is 10.3 Å². The number of imidazole rings is 1. The lowest BCUT2D eigenvalue weighted by Crippen LogP contribution is -2.24. The number of nitrogens with zero attached hydrogens (tertiary/aromatic N) is 3. The topological polar surface area (TPSA) is 83.0 Å². The lowest BCUT2D eigenvalue weighted by molar-refractivity contribution is 0.0954. The Kier molecular flexibility index (Phi) is 6.27. The van der Waals surface area contributed by atoms with Gasteiger partial charge in [-0.25, -0.2) is 9.97 Å². The van der Waals surface area contributed by atoms with E-state index in [-0.39, 0.29) is 5.91 Å². The Morgan fingerprint density at radius 3 is 3.07 bits per heavy atom. The van der Waals surface area contributed by atoms with E-state index in [2.05, 4.69) is 32.0 Å². The largest absolute Gasteiger partial charge is 0.352 e. The summed E-state index contributed by atoms with van der Waals surface area (Å²) in [6.07, 6.45) is 8.95. The summed E-state index contributed by atoms with van der Waals surface area (Å²) in [6.45, 7) is 6.00. The molecule has 0 bridgehead atoms. The molecule has 0 aliphatic rings. The van der Waals surface area contributed by atoms with E-state index in [0.29, 0.717) is 23.3 Å². The zero-order valence-electron chi connectivity index (χ0n) is 15.1. The van der Waals surface area contributed by atoms with Crippen LogP contribution in [0.5, 0.6) is 0 Å². The van der Waals surface area contributed by atoms with Crippen molar-refractivity contribution in [1.82, 2.24) is 20.3 Å². The normalized spacial score (nSPS) is 12.0. The highest BCUT2D eigenvalue weighted by Gasteiger charge is 2.15. The third-order valence-corrected chi connectivity index (χ3v) is 4.96. The van der Waals surface area contributed by atoms with Crippen LogP contribution in [0, 0.1) is 0 Å². The van der Waals surface area contributed by atoms with Gasteiger partial charge in [0.1, 0.15) is 0 Å². The quantitative estimate of drug-likeness (QED) is 0.347. The van der Waals surface area contributed by atoms with E-state index in [9.17, 15) is 4.79 Å². The molecule has 3 aromatic heterocycles. The number of allylic oxidation sites excluding steroid dienone is 3. The minimum Gasteiger partial charge on any atom is -0.352 e. The number of thiophene rings is 1. The molecule has 0 unspecified atom stereocenters. The van der Waals surface area contributed by atoms with Crippen LogP contribution in [0.3, 0.4) is 0 Å². The molecule has 0 radical (unpaired) electrons. The number of hydrogen-bond donors (Lipinski definition) is 2. The standard InChI is InChI=1S/C20H21N5OS/c1-3-14(8-11-21-2)6-4-10-23-20(26)15-9-12-22-19-17(15)24-18(25-19)16-7-5-13-27-16/h3,5,7-9,11-13H,2,4,6,10H2,1H3,(H,23,26)(H,22,24,25)/b11-8-,14-3-. The van der Waals surface area contributed by atoms with Crippen molar-refractivity contribution in [3.63, 3.8) is 0 Å². The molecule has 0 saturated heterocycles. The third-order valence-electron chi connectivity index (χ3n) is 4.08. The zero-order chi connectivity index (χ0) is 19.1. The average molecular weight is 379 g/mol. The van der Waals surface area contributed by atoms with E-state index in [1.54, 1.807) is 29.8 Å². The molecule has 6 nitrogen and oxygen atoms in total. The maximum absolute atomic E-state index is 12.6. The SMILES string of the molecule is C=N/C=C\C(=C/C)CCCNC(=O)c1ccnc2nc(-c3cccs3)[nH]c12. The minimum atomic E-state index is -0.130. The highest BCUT2D eigenvalue weighted by molar-refractivity contribution is 7.13. The fourth-order valence-corrected chi connectivity index (χ4v) is 3.36.